The predicted octanol–water partition coefficient (Wildman–Crippen LogP) is 2.08. The van der Waals surface area contributed by atoms with E-state index in [-0.39, 0.29) is 38.6 Å². The molecule has 1 aromatic rings. The minimum atomic E-state index is -1.15. The molecule has 0 heterocycles. The number of aldehydes is 1. The third-order valence-corrected chi connectivity index (χ3v) is 7.85. The molecule has 1 aromatic carbocycles. The molecule has 0 aromatic heterocycles. The fraction of sp³-hybridized carbons (Fsp3) is 0.593. The van der Waals surface area contributed by atoms with Gasteiger partial charge in [0.15, 0.2) is 11.5 Å². The summed E-state index contributed by atoms with van der Waals surface area (Å²) in [6.07, 6.45) is 4.85. The SMILES string of the molecule is COCCN(C(=O)CC1CCCC1)C1CC(C(=O)NCCO)=CC(Oc2c(I)cc(C=O)cc2OC)C1O. The van der Waals surface area contributed by atoms with E-state index in [0.29, 0.717) is 44.8 Å². The van der Waals surface area contributed by atoms with Gasteiger partial charge >= 0.3 is 0 Å². The zero-order valence-electron chi connectivity index (χ0n) is 21.9. The van der Waals surface area contributed by atoms with Crippen LogP contribution in [-0.4, -0.2) is 92.0 Å². The lowest BCUT2D eigenvalue weighted by molar-refractivity contribution is -0.140. The molecular formula is C27H37IN2O8. The van der Waals surface area contributed by atoms with Crippen LogP contribution >= 0.6 is 22.6 Å². The summed E-state index contributed by atoms with van der Waals surface area (Å²) in [6.45, 7) is 0.391. The molecule has 2 aliphatic carbocycles. The van der Waals surface area contributed by atoms with Gasteiger partial charge in [-0.05, 0) is 59.6 Å². The molecule has 3 N–H and O–H groups in total. The van der Waals surface area contributed by atoms with E-state index in [1.165, 1.54) is 13.2 Å². The van der Waals surface area contributed by atoms with Crippen molar-refractivity contribution >= 4 is 40.7 Å². The number of nitrogens with one attached hydrogen (secondary N) is 1. The van der Waals surface area contributed by atoms with Crippen LogP contribution in [0, 0.1) is 9.49 Å². The van der Waals surface area contributed by atoms with Crippen molar-refractivity contribution in [3.8, 4) is 11.5 Å². The largest absolute Gasteiger partial charge is 0.493 e. The fourth-order valence-electron chi connectivity index (χ4n) is 5.08. The number of halogens is 1. The standard InChI is InChI=1S/C27H37IN2O8/c1-36-10-8-30(24(33)13-17-5-3-4-6-17)21-14-19(27(35)29-7-9-31)15-22(25(21)34)38-26-20(28)11-18(16-32)12-23(26)37-2/h11-12,15-17,21-22,25,31,34H,3-10,13-14H2,1-2H3,(H,29,35). The molecule has 210 valence electrons. The number of aliphatic hydroxyl groups is 2. The van der Waals surface area contributed by atoms with Gasteiger partial charge in [-0.25, -0.2) is 0 Å². The highest BCUT2D eigenvalue weighted by Crippen LogP contribution is 2.37. The molecule has 38 heavy (non-hydrogen) atoms. The van der Waals surface area contributed by atoms with E-state index in [2.05, 4.69) is 5.32 Å². The first-order chi connectivity index (χ1) is 18.3. The Bertz CT molecular complexity index is 1010. The molecule has 3 rings (SSSR count). The van der Waals surface area contributed by atoms with Crippen molar-refractivity contribution in [1.29, 1.82) is 0 Å². The minimum Gasteiger partial charge on any atom is -0.493 e. The summed E-state index contributed by atoms with van der Waals surface area (Å²) in [5.74, 6) is 0.441. The first-order valence-corrected chi connectivity index (χ1v) is 14.0. The number of carbonyl (C=O) groups is 3. The van der Waals surface area contributed by atoms with Crippen LogP contribution < -0.4 is 14.8 Å². The maximum atomic E-state index is 13.5. The van der Waals surface area contributed by atoms with Gasteiger partial charge in [-0.15, -0.1) is 0 Å². The van der Waals surface area contributed by atoms with Crippen molar-refractivity contribution in [3.63, 3.8) is 0 Å². The molecule has 0 spiro atoms. The highest BCUT2D eigenvalue weighted by molar-refractivity contribution is 14.1. The van der Waals surface area contributed by atoms with Crippen LogP contribution in [-0.2, 0) is 14.3 Å². The summed E-state index contributed by atoms with van der Waals surface area (Å²) < 4.78 is 17.5. The highest BCUT2D eigenvalue weighted by Gasteiger charge is 2.41. The van der Waals surface area contributed by atoms with E-state index in [1.807, 2.05) is 22.6 Å². The summed E-state index contributed by atoms with van der Waals surface area (Å²) in [5, 5.41) is 23.4. The summed E-state index contributed by atoms with van der Waals surface area (Å²) in [5.41, 5.74) is 0.747. The average molecular weight is 645 g/mol. The number of methoxy groups -OCH3 is 2. The fourth-order valence-corrected chi connectivity index (χ4v) is 5.83. The molecule has 0 radical (unpaired) electrons. The topological polar surface area (TPSA) is 135 Å². The first-order valence-electron chi connectivity index (χ1n) is 12.9. The van der Waals surface area contributed by atoms with Crippen LogP contribution in [0.4, 0.5) is 0 Å². The van der Waals surface area contributed by atoms with Crippen LogP contribution in [0.1, 0.15) is 48.9 Å². The first kappa shape index (κ1) is 30.3. The molecule has 3 unspecified atom stereocenters. The van der Waals surface area contributed by atoms with Crippen molar-refractivity contribution in [2.45, 2.75) is 56.8 Å². The van der Waals surface area contributed by atoms with E-state index in [1.54, 1.807) is 24.2 Å². The highest BCUT2D eigenvalue weighted by atomic mass is 127. The Morgan fingerprint density at radius 3 is 2.61 bits per heavy atom. The molecule has 3 atom stereocenters. The Hall–Kier alpha value is -2.22. The number of nitrogens with zero attached hydrogens (tertiary/aromatic N) is 1. The second-order valence-electron chi connectivity index (χ2n) is 9.60. The normalized spacial score (nSPS) is 21.5. The van der Waals surface area contributed by atoms with Gasteiger partial charge in [-0.1, -0.05) is 12.8 Å². The van der Waals surface area contributed by atoms with Gasteiger partial charge < -0.3 is 34.6 Å². The van der Waals surface area contributed by atoms with Gasteiger partial charge in [0.05, 0.1) is 29.9 Å². The Morgan fingerprint density at radius 2 is 1.97 bits per heavy atom. The van der Waals surface area contributed by atoms with Crippen LogP contribution in [0.15, 0.2) is 23.8 Å². The van der Waals surface area contributed by atoms with Gasteiger partial charge in [0.2, 0.25) is 11.8 Å². The Balaban J connectivity index is 1.95. The molecule has 0 bridgehead atoms. The van der Waals surface area contributed by atoms with Crippen molar-refractivity contribution in [1.82, 2.24) is 10.2 Å². The Labute approximate surface area is 236 Å². The second kappa shape index (κ2) is 14.8. The van der Waals surface area contributed by atoms with Gasteiger partial charge in [0.1, 0.15) is 18.5 Å². The van der Waals surface area contributed by atoms with Crippen molar-refractivity contribution in [2.24, 2.45) is 5.92 Å². The van der Waals surface area contributed by atoms with Crippen molar-refractivity contribution < 1.29 is 38.8 Å². The minimum absolute atomic E-state index is 0.0712. The van der Waals surface area contributed by atoms with Crippen LogP contribution in [0.2, 0.25) is 0 Å². The lowest BCUT2D eigenvalue weighted by Crippen LogP contribution is -2.56. The maximum absolute atomic E-state index is 13.5. The number of aliphatic hydroxyl groups excluding tert-OH is 2. The number of ether oxygens (including phenoxy) is 3. The molecular weight excluding hydrogens is 607 g/mol. The van der Waals surface area contributed by atoms with E-state index in [4.69, 9.17) is 14.2 Å². The van der Waals surface area contributed by atoms with Gasteiger partial charge in [-0.3, -0.25) is 14.4 Å². The number of rotatable bonds is 13. The van der Waals surface area contributed by atoms with Gasteiger partial charge in [0.25, 0.3) is 0 Å². The lowest BCUT2D eigenvalue weighted by Gasteiger charge is -2.41. The summed E-state index contributed by atoms with van der Waals surface area (Å²) >= 11 is 2.02. The van der Waals surface area contributed by atoms with E-state index >= 15 is 0 Å². The zero-order valence-corrected chi connectivity index (χ0v) is 24.0. The number of carbonyl (C=O) groups excluding carboxylic acids is 3. The van der Waals surface area contributed by atoms with Crippen LogP contribution in [0.5, 0.6) is 11.5 Å². The molecule has 0 saturated heterocycles. The van der Waals surface area contributed by atoms with Crippen LogP contribution in [0.3, 0.4) is 0 Å². The average Bonchev–Trinajstić information content (AvgIpc) is 3.42. The summed E-state index contributed by atoms with van der Waals surface area (Å²) in [4.78, 5) is 39.4. The Kier molecular flexibility index (Phi) is 11.8. The Morgan fingerprint density at radius 1 is 1.24 bits per heavy atom. The quantitative estimate of drug-likeness (QED) is 0.220. The number of hydrogen-bond acceptors (Lipinski definition) is 8. The van der Waals surface area contributed by atoms with Crippen molar-refractivity contribution in [3.05, 3.63) is 32.9 Å². The van der Waals surface area contributed by atoms with Crippen LogP contribution in [0.25, 0.3) is 0 Å². The third-order valence-electron chi connectivity index (χ3n) is 7.05. The maximum Gasteiger partial charge on any atom is 0.247 e. The van der Waals surface area contributed by atoms with E-state index < -0.39 is 24.2 Å². The molecule has 11 heteroatoms. The molecule has 10 nitrogen and oxygen atoms in total. The number of benzene rings is 1. The smallest absolute Gasteiger partial charge is 0.247 e. The summed E-state index contributed by atoms with van der Waals surface area (Å²) in [6, 6.07) is 2.43. The monoisotopic (exact) mass is 644 g/mol. The molecule has 2 aliphatic rings. The molecule has 1 saturated carbocycles. The van der Waals surface area contributed by atoms with Crippen molar-refractivity contribution in [2.75, 3.05) is 40.5 Å². The molecule has 1 fully saturated rings. The second-order valence-corrected chi connectivity index (χ2v) is 10.8. The third kappa shape index (κ3) is 7.67. The molecule has 2 amide bonds. The number of amides is 2. The van der Waals surface area contributed by atoms with E-state index in [9.17, 15) is 24.6 Å². The number of hydrogen-bond donors (Lipinski definition) is 3. The molecule has 0 aliphatic heterocycles. The van der Waals surface area contributed by atoms with Gasteiger partial charge in [0, 0.05) is 44.2 Å². The summed E-state index contributed by atoms with van der Waals surface area (Å²) in [7, 11) is 3.00. The van der Waals surface area contributed by atoms with Gasteiger partial charge in [-0.2, -0.15) is 0 Å². The lowest BCUT2D eigenvalue weighted by atomic mass is 9.87. The zero-order chi connectivity index (χ0) is 27.7. The predicted molar refractivity (Wildman–Crippen MR) is 148 cm³/mol. The van der Waals surface area contributed by atoms with E-state index in [0.717, 1.165) is 25.7 Å².